The van der Waals surface area contributed by atoms with Crippen LogP contribution in [0.4, 0.5) is 5.69 Å². The molecular formula is C12H14BrN3O4. The Kier molecular flexibility index (Phi) is 5.63. The lowest BCUT2D eigenvalue weighted by atomic mass is 10.1. The van der Waals surface area contributed by atoms with E-state index in [1.54, 1.807) is 6.92 Å². The summed E-state index contributed by atoms with van der Waals surface area (Å²) in [5, 5.41) is 15.8. The molecule has 0 unspecified atom stereocenters. The van der Waals surface area contributed by atoms with E-state index in [-0.39, 0.29) is 21.6 Å². The van der Waals surface area contributed by atoms with Crippen molar-refractivity contribution in [1.29, 1.82) is 0 Å². The zero-order chi connectivity index (χ0) is 15.3. The Morgan fingerprint density at radius 3 is 2.65 bits per heavy atom. The van der Waals surface area contributed by atoms with Gasteiger partial charge in [-0.25, -0.2) is 0 Å². The van der Waals surface area contributed by atoms with Crippen LogP contribution in [0, 0.1) is 10.1 Å². The molecule has 1 atom stereocenters. The molecule has 0 spiro atoms. The Hall–Kier alpha value is -1.96. The van der Waals surface area contributed by atoms with Crippen LogP contribution in [0.25, 0.3) is 0 Å². The van der Waals surface area contributed by atoms with Crippen molar-refractivity contribution in [3.8, 4) is 0 Å². The molecule has 0 fully saturated rings. The molecule has 0 saturated carbocycles. The molecule has 0 heterocycles. The van der Waals surface area contributed by atoms with Gasteiger partial charge in [-0.05, 0) is 41.9 Å². The Labute approximate surface area is 124 Å². The maximum Gasteiger partial charge on any atom is 0.284 e. The van der Waals surface area contributed by atoms with Crippen molar-refractivity contribution in [3.05, 3.63) is 38.3 Å². The lowest BCUT2D eigenvalue weighted by Crippen LogP contribution is -2.44. The van der Waals surface area contributed by atoms with E-state index in [0.29, 0.717) is 6.54 Å². The second-order valence-corrected chi connectivity index (χ2v) is 4.87. The lowest BCUT2D eigenvalue weighted by Gasteiger charge is -2.13. The number of hydrogen-bond acceptors (Lipinski definition) is 4. The SMILES string of the molecule is CCNC(=O)[C@@H](C)NC(=O)c1ccc(Br)c([N+](=O)[O-])c1. The van der Waals surface area contributed by atoms with Crippen LogP contribution in [-0.4, -0.2) is 29.3 Å². The minimum atomic E-state index is -0.717. The molecule has 2 amide bonds. The minimum absolute atomic E-state index is 0.121. The fourth-order valence-electron chi connectivity index (χ4n) is 1.47. The van der Waals surface area contributed by atoms with Crippen LogP contribution in [0.2, 0.25) is 0 Å². The maximum absolute atomic E-state index is 11.9. The molecule has 0 saturated heterocycles. The zero-order valence-electron chi connectivity index (χ0n) is 11.0. The first-order chi connectivity index (χ1) is 9.36. The van der Waals surface area contributed by atoms with Crippen LogP contribution in [-0.2, 0) is 4.79 Å². The molecular weight excluding hydrogens is 330 g/mol. The van der Waals surface area contributed by atoms with Crippen LogP contribution >= 0.6 is 15.9 Å². The van der Waals surface area contributed by atoms with Gasteiger partial charge >= 0.3 is 0 Å². The predicted molar refractivity (Wildman–Crippen MR) is 76.4 cm³/mol. The third kappa shape index (κ3) is 4.02. The molecule has 1 aromatic carbocycles. The van der Waals surface area contributed by atoms with E-state index in [2.05, 4.69) is 26.6 Å². The summed E-state index contributed by atoms with van der Waals surface area (Å²) in [4.78, 5) is 33.6. The highest BCUT2D eigenvalue weighted by molar-refractivity contribution is 9.10. The van der Waals surface area contributed by atoms with Gasteiger partial charge in [0.05, 0.1) is 9.40 Å². The summed E-state index contributed by atoms with van der Waals surface area (Å²) in [6.07, 6.45) is 0. The normalized spacial score (nSPS) is 11.6. The molecule has 1 rings (SSSR count). The van der Waals surface area contributed by atoms with Crippen molar-refractivity contribution in [1.82, 2.24) is 10.6 Å². The first kappa shape index (κ1) is 16.1. The highest BCUT2D eigenvalue weighted by atomic mass is 79.9. The number of nitro groups is 1. The number of nitrogens with one attached hydrogen (secondary N) is 2. The number of carbonyl (C=O) groups is 2. The van der Waals surface area contributed by atoms with Crippen molar-refractivity contribution in [2.45, 2.75) is 19.9 Å². The summed E-state index contributed by atoms with van der Waals surface area (Å²) in [7, 11) is 0. The van der Waals surface area contributed by atoms with Crippen molar-refractivity contribution < 1.29 is 14.5 Å². The molecule has 0 radical (unpaired) electrons. The van der Waals surface area contributed by atoms with E-state index >= 15 is 0 Å². The van der Waals surface area contributed by atoms with Gasteiger partial charge < -0.3 is 10.6 Å². The summed E-state index contributed by atoms with van der Waals surface area (Å²) in [5.41, 5.74) is -0.0839. The molecule has 0 aliphatic heterocycles. The Morgan fingerprint density at radius 2 is 2.10 bits per heavy atom. The van der Waals surface area contributed by atoms with Crippen molar-refractivity contribution in [2.24, 2.45) is 0 Å². The number of amides is 2. The molecule has 1 aromatic rings. The van der Waals surface area contributed by atoms with Crippen molar-refractivity contribution >= 4 is 33.4 Å². The third-order valence-electron chi connectivity index (χ3n) is 2.50. The van der Waals surface area contributed by atoms with E-state index < -0.39 is 16.9 Å². The molecule has 2 N–H and O–H groups in total. The lowest BCUT2D eigenvalue weighted by molar-refractivity contribution is -0.385. The van der Waals surface area contributed by atoms with Crippen LogP contribution < -0.4 is 10.6 Å². The van der Waals surface area contributed by atoms with Crippen LogP contribution in [0.3, 0.4) is 0 Å². The van der Waals surface area contributed by atoms with Gasteiger partial charge in [-0.1, -0.05) is 0 Å². The van der Waals surface area contributed by atoms with Gasteiger partial charge in [0.15, 0.2) is 0 Å². The third-order valence-corrected chi connectivity index (χ3v) is 3.17. The Morgan fingerprint density at radius 1 is 1.45 bits per heavy atom. The number of likely N-dealkylation sites (N-methyl/N-ethyl adjacent to an activating group) is 1. The summed E-state index contributed by atoms with van der Waals surface area (Å²) < 4.78 is 0.288. The number of halogens is 1. The fraction of sp³-hybridized carbons (Fsp3) is 0.333. The Bertz CT molecular complexity index is 548. The summed E-state index contributed by atoms with van der Waals surface area (Å²) in [5.74, 6) is -0.855. The summed E-state index contributed by atoms with van der Waals surface area (Å²) in [6.45, 7) is 3.77. The average Bonchev–Trinajstić information content (AvgIpc) is 2.38. The highest BCUT2D eigenvalue weighted by Gasteiger charge is 2.19. The molecule has 0 aliphatic rings. The number of carbonyl (C=O) groups excluding carboxylic acids is 2. The van der Waals surface area contributed by atoms with Gasteiger partial charge in [-0.3, -0.25) is 19.7 Å². The Balaban J connectivity index is 2.85. The minimum Gasteiger partial charge on any atom is -0.355 e. The average molecular weight is 344 g/mol. The molecule has 0 bridgehead atoms. The molecule has 8 heteroatoms. The first-order valence-electron chi connectivity index (χ1n) is 5.89. The van der Waals surface area contributed by atoms with Crippen LogP contribution in [0.15, 0.2) is 22.7 Å². The molecule has 108 valence electrons. The van der Waals surface area contributed by atoms with Crippen LogP contribution in [0.5, 0.6) is 0 Å². The van der Waals surface area contributed by atoms with Gasteiger partial charge in [0.25, 0.3) is 11.6 Å². The topological polar surface area (TPSA) is 101 Å². The maximum atomic E-state index is 11.9. The zero-order valence-corrected chi connectivity index (χ0v) is 12.6. The molecule has 0 aromatic heterocycles. The number of rotatable bonds is 5. The molecule has 0 aliphatic carbocycles. The molecule has 20 heavy (non-hydrogen) atoms. The van der Waals surface area contributed by atoms with Gasteiger partial charge in [-0.15, -0.1) is 0 Å². The quantitative estimate of drug-likeness (QED) is 0.626. The number of benzene rings is 1. The van der Waals surface area contributed by atoms with Gasteiger partial charge in [0.2, 0.25) is 5.91 Å². The number of nitro benzene ring substituents is 1. The summed E-state index contributed by atoms with van der Waals surface area (Å²) >= 11 is 3.04. The predicted octanol–water partition coefficient (Wildman–Crippen LogP) is 1.61. The second-order valence-electron chi connectivity index (χ2n) is 4.01. The number of hydrogen-bond donors (Lipinski definition) is 2. The number of nitrogens with zero attached hydrogens (tertiary/aromatic N) is 1. The first-order valence-corrected chi connectivity index (χ1v) is 6.68. The van der Waals surface area contributed by atoms with Crippen LogP contribution in [0.1, 0.15) is 24.2 Å². The fourth-order valence-corrected chi connectivity index (χ4v) is 1.86. The van der Waals surface area contributed by atoms with E-state index in [9.17, 15) is 19.7 Å². The smallest absolute Gasteiger partial charge is 0.284 e. The van der Waals surface area contributed by atoms with E-state index in [4.69, 9.17) is 0 Å². The van der Waals surface area contributed by atoms with Gasteiger partial charge in [-0.2, -0.15) is 0 Å². The highest BCUT2D eigenvalue weighted by Crippen LogP contribution is 2.25. The van der Waals surface area contributed by atoms with E-state index in [1.165, 1.54) is 19.1 Å². The van der Waals surface area contributed by atoms with Crippen molar-refractivity contribution in [3.63, 3.8) is 0 Å². The van der Waals surface area contributed by atoms with Crippen molar-refractivity contribution in [2.75, 3.05) is 6.54 Å². The van der Waals surface area contributed by atoms with E-state index in [1.807, 2.05) is 0 Å². The largest absolute Gasteiger partial charge is 0.355 e. The second kappa shape index (κ2) is 6.99. The van der Waals surface area contributed by atoms with E-state index in [0.717, 1.165) is 6.07 Å². The molecule has 7 nitrogen and oxygen atoms in total. The summed E-state index contributed by atoms with van der Waals surface area (Å²) in [6, 6.07) is 3.30. The van der Waals surface area contributed by atoms with Gasteiger partial charge in [0, 0.05) is 18.2 Å². The standard InChI is InChI=1S/C12H14BrN3O4/c1-3-14-11(17)7(2)15-12(18)8-4-5-9(13)10(6-8)16(19)20/h4-7H,3H2,1-2H3,(H,14,17)(H,15,18)/t7-/m1/s1. The van der Waals surface area contributed by atoms with Gasteiger partial charge in [0.1, 0.15) is 6.04 Å². The monoisotopic (exact) mass is 343 g/mol.